The molecule has 1 N–H and O–H groups in total. The molecule has 0 unspecified atom stereocenters. The Morgan fingerprint density at radius 1 is 1.38 bits per heavy atom. The summed E-state index contributed by atoms with van der Waals surface area (Å²) in [5, 5.41) is 4.33. The van der Waals surface area contributed by atoms with Crippen molar-refractivity contribution in [1.29, 1.82) is 0 Å². The SMILES string of the molecule is CSc1nccnc1CNC(C)C. The number of nitrogens with one attached hydrogen (secondary N) is 1. The highest BCUT2D eigenvalue weighted by molar-refractivity contribution is 7.98. The maximum atomic E-state index is 4.28. The number of hydrogen-bond acceptors (Lipinski definition) is 4. The van der Waals surface area contributed by atoms with Gasteiger partial charge in [0.05, 0.1) is 5.69 Å². The van der Waals surface area contributed by atoms with Gasteiger partial charge in [-0.25, -0.2) is 4.98 Å². The van der Waals surface area contributed by atoms with Gasteiger partial charge in [0.25, 0.3) is 0 Å². The Kier molecular flexibility index (Phi) is 4.18. The van der Waals surface area contributed by atoms with Crippen LogP contribution in [0, 0.1) is 0 Å². The molecule has 1 heterocycles. The van der Waals surface area contributed by atoms with Crippen molar-refractivity contribution < 1.29 is 0 Å². The molecule has 0 aromatic carbocycles. The Morgan fingerprint density at radius 3 is 2.69 bits per heavy atom. The fourth-order valence-electron chi connectivity index (χ4n) is 0.947. The van der Waals surface area contributed by atoms with Crippen molar-refractivity contribution in [3.05, 3.63) is 18.1 Å². The standard InChI is InChI=1S/C9H15N3S/c1-7(2)12-6-8-9(13-3)11-5-4-10-8/h4-5,7,12H,6H2,1-3H3. The van der Waals surface area contributed by atoms with Crippen LogP contribution in [0.2, 0.25) is 0 Å². The summed E-state index contributed by atoms with van der Waals surface area (Å²) in [6.45, 7) is 5.03. The number of hydrogen-bond donors (Lipinski definition) is 1. The Balaban J connectivity index is 2.64. The summed E-state index contributed by atoms with van der Waals surface area (Å²) in [6.07, 6.45) is 5.48. The molecule has 13 heavy (non-hydrogen) atoms. The van der Waals surface area contributed by atoms with Gasteiger partial charge in [0, 0.05) is 25.0 Å². The molecule has 72 valence electrons. The average Bonchev–Trinajstić information content (AvgIpc) is 2.15. The van der Waals surface area contributed by atoms with Gasteiger partial charge in [0.2, 0.25) is 0 Å². The lowest BCUT2D eigenvalue weighted by molar-refractivity contribution is 0.573. The molecule has 0 fully saturated rings. The largest absolute Gasteiger partial charge is 0.309 e. The average molecular weight is 197 g/mol. The minimum absolute atomic E-state index is 0.483. The highest BCUT2D eigenvalue weighted by Gasteiger charge is 2.03. The van der Waals surface area contributed by atoms with Crippen LogP contribution in [0.25, 0.3) is 0 Å². The monoisotopic (exact) mass is 197 g/mol. The molecule has 1 aromatic heterocycles. The molecule has 0 aliphatic carbocycles. The van der Waals surface area contributed by atoms with Gasteiger partial charge in [0.1, 0.15) is 5.03 Å². The van der Waals surface area contributed by atoms with E-state index < -0.39 is 0 Å². The zero-order valence-corrected chi connectivity index (χ0v) is 9.06. The maximum absolute atomic E-state index is 4.28. The third kappa shape index (κ3) is 3.32. The Bertz CT molecular complexity index is 263. The zero-order chi connectivity index (χ0) is 9.68. The molecule has 0 spiro atoms. The number of aromatic nitrogens is 2. The van der Waals surface area contributed by atoms with Crippen molar-refractivity contribution in [2.45, 2.75) is 31.5 Å². The number of nitrogens with zero attached hydrogens (tertiary/aromatic N) is 2. The van der Waals surface area contributed by atoms with Gasteiger partial charge in [-0.3, -0.25) is 4.98 Å². The van der Waals surface area contributed by atoms with E-state index in [1.54, 1.807) is 24.2 Å². The summed E-state index contributed by atoms with van der Waals surface area (Å²) in [5.74, 6) is 0. The van der Waals surface area contributed by atoms with Gasteiger partial charge < -0.3 is 5.32 Å². The Hall–Kier alpha value is -0.610. The van der Waals surface area contributed by atoms with Crippen LogP contribution >= 0.6 is 11.8 Å². The van der Waals surface area contributed by atoms with Crippen LogP contribution < -0.4 is 5.32 Å². The lowest BCUT2D eigenvalue weighted by atomic mass is 10.3. The van der Waals surface area contributed by atoms with E-state index in [4.69, 9.17) is 0 Å². The molecule has 0 saturated carbocycles. The van der Waals surface area contributed by atoms with E-state index in [0.29, 0.717) is 6.04 Å². The van der Waals surface area contributed by atoms with Crippen molar-refractivity contribution in [3.63, 3.8) is 0 Å². The molecule has 1 aromatic rings. The van der Waals surface area contributed by atoms with Gasteiger partial charge in [-0.15, -0.1) is 11.8 Å². The summed E-state index contributed by atoms with van der Waals surface area (Å²) in [7, 11) is 0. The first-order valence-electron chi connectivity index (χ1n) is 4.31. The topological polar surface area (TPSA) is 37.8 Å². The fourth-order valence-corrected chi connectivity index (χ4v) is 1.47. The number of rotatable bonds is 4. The van der Waals surface area contributed by atoms with Crippen molar-refractivity contribution in [1.82, 2.24) is 15.3 Å². The number of thioether (sulfide) groups is 1. The van der Waals surface area contributed by atoms with Gasteiger partial charge in [-0.05, 0) is 6.26 Å². The first kappa shape index (κ1) is 10.5. The first-order chi connectivity index (χ1) is 6.24. The highest BCUT2D eigenvalue weighted by atomic mass is 32.2. The van der Waals surface area contributed by atoms with E-state index in [-0.39, 0.29) is 0 Å². The van der Waals surface area contributed by atoms with E-state index in [9.17, 15) is 0 Å². The van der Waals surface area contributed by atoms with Crippen molar-refractivity contribution in [2.75, 3.05) is 6.26 Å². The smallest absolute Gasteiger partial charge is 0.119 e. The van der Waals surface area contributed by atoms with Gasteiger partial charge >= 0.3 is 0 Å². The van der Waals surface area contributed by atoms with Crippen LogP contribution in [-0.4, -0.2) is 22.3 Å². The normalized spacial score (nSPS) is 10.8. The molecule has 0 bridgehead atoms. The second-order valence-electron chi connectivity index (χ2n) is 3.05. The molecule has 0 aliphatic rings. The molecule has 0 saturated heterocycles. The lowest BCUT2D eigenvalue weighted by Gasteiger charge is -2.08. The second kappa shape index (κ2) is 5.19. The van der Waals surface area contributed by atoms with E-state index in [2.05, 4.69) is 29.1 Å². The summed E-state index contributed by atoms with van der Waals surface area (Å²) >= 11 is 1.63. The maximum Gasteiger partial charge on any atom is 0.119 e. The van der Waals surface area contributed by atoms with Crippen LogP contribution in [-0.2, 0) is 6.54 Å². The molecular formula is C9H15N3S. The third-order valence-electron chi connectivity index (χ3n) is 1.61. The molecule has 0 atom stereocenters. The molecule has 3 nitrogen and oxygen atoms in total. The first-order valence-corrected chi connectivity index (χ1v) is 5.53. The van der Waals surface area contributed by atoms with Crippen LogP contribution in [0.3, 0.4) is 0 Å². The predicted octanol–water partition coefficient (Wildman–Crippen LogP) is 1.70. The van der Waals surface area contributed by atoms with Gasteiger partial charge in [-0.2, -0.15) is 0 Å². The van der Waals surface area contributed by atoms with Crippen LogP contribution in [0.5, 0.6) is 0 Å². The Morgan fingerprint density at radius 2 is 2.08 bits per heavy atom. The van der Waals surface area contributed by atoms with E-state index in [1.165, 1.54) is 0 Å². The molecule has 1 rings (SSSR count). The van der Waals surface area contributed by atoms with Gasteiger partial charge in [0.15, 0.2) is 0 Å². The quantitative estimate of drug-likeness (QED) is 0.745. The fraction of sp³-hybridized carbons (Fsp3) is 0.556. The van der Waals surface area contributed by atoms with Crippen LogP contribution in [0.1, 0.15) is 19.5 Å². The summed E-state index contributed by atoms with van der Waals surface area (Å²) in [4.78, 5) is 8.51. The van der Waals surface area contributed by atoms with Crippen molar-refractivity contribution in [3.8, 4) is 0 Å². The van der Waals surface area contributed by atoms with E-state index in [0.717, 1.165) is 17.3 Å². The summed E-state index contributed by atoms with van der Waals surface area (Å²) < 4.78 is 0. The lowest BCUT2D eigenvalue weighted by Crippen LogP contribution is -2.22. The molecule has 4 heteroatoms. The van der Waals surface area contributed by atoms with E-state index >= 15 is 0 Å². The van der Waals surface area contributed by atoms with E-state index in [1.807, 2.05) is 6.26 Å². The predicted molar refractivity (Wildman–Crippen MR) is 55.8 cm³/mol. The van der Waals surface area contributed by atoms with Crippen molar-refractivity contribution in [2.24, 2.45) is 0 Å². The molecule has 0 amide bonds. The third-order valence-corrected chi connectivity index (χ3v) is 2.33. The molecular weight excluding hydrogens is 182 g/mol. The molecule has 0 radical (unpaired) electrons. The minimum atomic E-state index is 0.483. The van der Waals surface area contributed by atoms with Crippen molar-refractivity contribution >= 4 is 11.8 Å². The summed E-state index contributed by atoms with van der Waals surface area (Å²) in [5.41, 5.74) is 1.03. The van der Waals surface area contributed by atoms with Crippen LogP contribution in [0.4, 0.5) is 0 Å². The Labute approximate surface area is 83.4 Å². The van der Waals surface area contributed by atoms with Crippen LogP contribution in [0.15, 0.2) is 17.4 Å². The zero-order valence-electron chi connectivity index (χ0n) is 8.24. The molecule has 0 aliphatic heterocycles. The second-order valence-corrected chi connectivity index (χ2v) is 3.84. The highest BCUT2D eigenvalue weighted by Crippen LogP contribution is 2.13. The summed E-state index contributed by atoms with van der Waals surface area (Å²) in [6, 6.07) is 0.483. The minimum Gasteiger partial charge on any atom is -0.309 e. The van der Waals surface area contributed by atoms with Gasteiger partial charge in [-0.1, -0.05) is 13.8 Å².